The number of carbonyl (C=O) groups excluding carboxylic acids is 1. The van der Waals surface area contributed by atoms with E-state index >= 15 is 0 Å². The van der Waals surface area contributed by atoms with Gasteiger partial charge in [-0.25, -0.2) is 9.79 Å². The fourth-order valence-corrected chi connectivity index (χ4v) is 3.75. The van der Waals surface area contributed by atoms with Crippen LogP contribution >= 0.6 is 22.6 Å². The quantitative estimate of drug-likeness (QED) is 0.117. The number of halogens is 1. The Bertz CT molecular complexity index is 1090. The average molecular weight is 536 g/mol. The van der Waals surface area contributed by atoms with Crippen molar-refractivity contribution in [1.29, 1.82) is 0 Å². The second-order valence-electron chi connectivity index (χ2n) is 6.83. The monoisotopic (exact) mass is 536 g/mol. The minimum Gasteiger partial charge on any atom is -0.493 e. The Morgan fingerprint density at radius 3 is 2.71 bits per heavy atom. The van der Waals surface area contributed by atoms with E-state index in [1.54, 1.807) is 32.2 Å². The molecule has 0 saturated carbocycles. The van der Waals surface area contributed by atoms with Gasteiger partial charge in [-0.2, -0.15) is 0 Å². The lowest BCUT2D eigenvalue weighted by atomic mass is 10.1. The molecule has 0 spiro atoms. The molecule has 0 aliphatic carbocycles. The number of aryl methyl sites for hydroxylation is 1. The van der Waals surface area contributed by atoms with Crippen molar-refractivity contribution in [3.8, 4) is 11.5 Å². The summed E-state index contributed by atoms with van der Waals surface area (Å²) < 4.78 is 17.4. The van der Waals surface area contributed by atoms with E-state index in [0.717, 1.165) is 16.4 Å². The minimum absolute atomic E-state index is 0.00708. The largest absolute Gasteiger partial charge is 0.493 e. The Balaban J connectivity index is 1.90. The van der Waals surface area contributed by atoms with Gasteiger partial charge in [-0.05, 0) is 71.8 Å². The van der Waals surface area contributed by atoms with Crippen molar-refractivity contribution in [2.24, 2.45) is 4.99 Å². The standard InChI is InChI=1S/C22H21IN2O6/c1-4-5-8-30-20-16(23)10-14(12-19(20)29-3)11-17-22(26)31-21(24-17)15-6-7-18(25(27)28)13(2)9-15/h6-7,9-12H,4-5,8H2,1-3H3/b17-11-. The molecule has 0 bridgehead atoms. The number of nitrogens with zero attached hydrogens (tertiary/aromatic N) is 2. The molecule has 0 unspecified atom stereocenters. The Labute approximate surface area is 193 Å². The molecule has 1 aliphatic heterocycles. The van der Waals surface area contributed by atoms with Crippen LogP contribution in [0.1, 0.15) is 36.5 Å². The van der Waals surface area contributed by atoms with Crippen molar-refractivity contribution >= 4 is 46.2 Å². The maximum Gasteiger partial charge on any atom is 0.363 e. The lowest BCUT2D eigenvalue weighted by Crippen LogP contribution is -2.06. The molecule has 0 N–H and O–H groups in total. The molecule has 1 aliphatic rings. The van der Waals surface area contributed by atoms with Gasteiger partial charge >= 0.3 is 5.97 Å². The number of esters is 1. The summed E-state index contributed by atoms with van der Waals surface area (Å²) in [6.07, 6.45) is 3.57. The molecule has 3 rings (SSSR count). The van der Waals surface area contributed by atoms with E-state index in [2.05, 4.69) is 34.5 Å². The highest BCUT2D eigenvalue weighted by Crippen LogP contribution is 2.35. The zero-order chi connectivity index (χ0) is 22.5. The first-order valence-corrected chi connectivity index (χ1v) is 10.7. The summed E-state index contributed by atoms with van der Waals surface area (Å²) in [4.78, 5) is 27.2. The van der Waals surface area contributed by atoms with Gasteiger partial charge in [0, 0.05) is 17.2 Å². The molecule has 0 radical (unpaired) electrons. The van der Waals surface area contributed by atoms with Gasteiger partial charge in [0.15, 0.2) is 17.2 Å². The smallest absolute Gasteiger partial charge is 0.363 e. The zero-order valence-electron chi connectivity index (χ0n) is 17.3. The third-order valence-electron chi connectivity index (χ3n) is 4.56. The molecule has 0 atom stereocenters. The van der Waals surface area contributed by atoms with Crippen LogP contribution < -0.4 is 9.47 Å². The Hall–Kier alpha value is -2.95. The number of hydrogen-bond donors (Lipinski definition) is 0. The lowest BCUT2D eigenvalue weighted by molar-refractivity contribution is -0.385. The summed E-state index contributed by atoms with van der Waals surface area (Å²) in [5.41, 5.74) is 1.78. The highest BCUT2D eigenvalue weighted by molar-refractivity contribution is 14.1. The molecule has 0 saturated heterocycles. The number of aliphatic imine (C=N–C) groups is 1. The second kappa shape index (κ2) is 9.90. The predicted molar refractivity (Wildman–Crippen MR) is 125 cm³/mol. The Morgan fingerprint density at radius 1 is 1.29 bits per heavy atom. The minimum atomic E-state index is -0.594. The van der Waals surface area contributed by atoms with E-state index in [1.807, 2.05) is 6.07 Å². The SMILES string of the molecule is CCCCOc1c(I)cc(/C=C2\N=C(c3ccc([N+](=O)[O-])c(C)c3)OC2=O)cc1OC. The predicted octanol–water partition coefficient (Wildman–Crippen LogP) is 5.04. The summed E-state index contributed by atoms with van der Waals surface area (Å²) >= 11 is 2.16. The third kappa shape index (κ3) is 5.22. The van der Waals surface area contributed by atoms with E-state index in [9.17, 15) is 14.9 Å². The molecule has 2 aromatic rings. The van der Waals surface area contributed by atoms with Gasteiger partial charge in [0.05, 0.1) is 22.2 Å². The van der Waals surface area contributed by atoms with E-state index in [1.165, 1.54) is 12.1 Å². The summed E-state index contributed by atoms with van der Waals surface area (Å²) in [5, 5.41) is 11.0. The van der Waals surface area contributed by atoms with Gasteiger partial charge in [0.2, 0.25) is 5.90 Å². The Kier molecular flexibility index (Phi) is 7.26. The van der Waals surface area contributed by atoms with Crippen LogP contribution in [-0.2, 0) is 9.53 Å². The van der Waals surface area contributed by atoms with Crippen LogP contribution in [-0.4, -0.2) is 30.5 Å². The number of nitro groups is 1. The number of nitro benzene ring substituents is 1. The third-order valence-corrected chi connectivity index (χ3v) is 5.36. The number of unbranched alkanes of at least 4 members (excludes halogenated alkanes) is 1. The molecular formula is C22H21IN2O6. The molecule has 0 amide bonds. The molecule has 31 heavy (non-hydrogen) atoms. The summed E-state index contributed by atoms with van der Waals surface area (Å²) in [5.74, 6) is 0.744. The van der Waals surface area contributed by atoms with Gasteiger partial charge in [-0.3, -0.25) is 10.1 Å². The van der Waals surface area contributed by atoms with Gasteiger partial charge in [0.25, 0.3) is 5.69 Å². The molecule has 1 heterocycles. The number of methoxy groups -OCH3 is 1. The number of cyclic esters (lactones) is 1. The van der Waals surface area contributed by atoms with E-state index < -0.39 is 10.9 Å². The number of hydrogen-bond acceptors (Lipinski definition) is 7. The van der Waals surface area contributed by atoms with Crippen molar-refractivity contribution < 1.29 is 23.9 Å². The van der Waals surface area contributed by atoms with Crippen LogP contribution in [0, 0.1) is 20.6 Å². The molecule has 0 fully saturated rings. The number of ether oxygens (including phenoxy) is 3. The van der Waals surface area contributed by atoms with Gasteiger partial charge in [-0.15, -0.1) is 0 Å². The molecule has 0 aromatic heterocycles. The maximum absolute atomic E-state index is 12.3. The van der Waals surface area contributed by atoms with Crippen molar-refractivity contribution in [2.45, 2.75) is 26.7 Å². The first kappa shape index (κ1) is 22.7. The van der Waals surface area contributed by atoms with Gasteiger partial charge < -0.3 is 14.2 Å². The van der Waals surface area contributed by atoms with Crippen molar-refractivity contribution in [1.82, 2.24) is 0 Å². The van der Waals surface area contributed by atoms with E-state index in [-0.39, 0.29) is 17.3 Å². The molecule has 9 heteroatoms. The van der Waals surface area contributed by atoms with Crippen LogP contribution in [0.3, 0.4) is 0 Å². The van der Waals surface area contributed by atoms with Crippen molar-refractivity contribution in [2.75, 3.05) is 13.7 Å². The van der Waals surface area contributed by atoms with Crippen LogP contribution in [0.15, 0.2) is 41.0 Å². The first-order valence-electron chi connectivity index (χ1n) is 9.62. The van der Waals surface area contributed by atoms with Crippen LogP contribution in [0.5, 0.6) is 11.5 Å². The highest BCUT2D eigenvalue weighted by atomic mass is 127. The highest BCUT2D eigenvalue weighted by Gasteiger charge is 2.25. The van der Waals surface area contributed by atoms with Gasteiger partial charge in [-0.1, -0.05) is 13.3 Å². The van der Waals surface area contributed by atoms with Gasteiger partial charge in [0.1, 0.15) is 0 Å². The van der Waals surface area contributed by atoms with Crippen molar-refractivity contribution in [3.63, 3.8) is 0 Å². The van der Waals surface area contributed by atoms with E-state index in [4.69, 9.17) is 14.2 Å². The lowest BCUT2D eigenvalue weighted by Gasteiger charge is -2.13. The maximum atomic E-state index is 12.3. The van der Waals surface area contributed by atoms with E-state index in [0.29, 0.717) is 34.8 Å². The summed E-state index contributed by atoms with van der Waals surface area (Å²) in [6.45, 7) is 4.31. The summed E-state index contributed by atoms with van der Waals surface area (Å²) in [6, 6.07) is 8.09. The summed E-state index contributed by atoms with van der Waals surface area (Å²) in [7, 11) is 1.56. The second-order valence-corrected chi connectivity index (χ2v) is 7.99. The average Bonchev–Trinajstić information content (AvgIpc) is 3.09. The molecule has 2 aromatic carbocycles. The number of benzene rings is 2. The first-order chi connectivity index (χ1) is 14.8. The topological polar surface area (TPSA) is 100 Å². The number of carbonyl (C=O) groups is 1. The fourth-order valence-electron chi connectivity index (χ4n) is 2.97. The zero-order valence-corrected chi connectivity index (χ0v) is 19.5. The number of rotatable bonds is 8. The normalized spacial score (nSPS) is 14.4. The van der Waals surface area contributed by atoms with Crippen molar-refractivity contribution in [3.05, 3.63) is 66.4 Å². The molecule has 8 nitrogen and oxygen atoms in total. The molecular weight excluding hydrogens is 515 g/mol. The Morgan fingerprint density at radius 2 is 2.06 bits per heavy atom. The van der Waals surface area contributed by atoms with Crippen LogP contribution in [0.25, 0.3) is 6.08 Å². The van der Waals surface area contributed by atoms with Crippen LogP contribution in [0.4, 0.5) is 5.69 Å². The molecule has 162 valence electrons. The van der Waals surface area contributed by atoms with Crippen LogP contribution in [0.2, 0.25) is 0 Å². The fraction of sp³-hybridized carbons (Fsp3) is 0.273.